The molecular weight excluding hydrogens is 393 g/mol. The Balaban J connectivity index is 0.00000225. The summed E-state index contributed by atoms with van der Waals surface area (Å²) in [4.78, 5) is 14.8. The van der Waals surface area contributed by atoms with Crippen molar-refractivity contribution in [3.05, 3.63) is 47.8 Å². The second-order valence-corrected chi connectivity index (χ2v) is 7.22. The van der Waals surface area contributed by atoms with Gasteiger partial charge in [-0.05, 0) is 62.0 Å². The summed E-state index contributed by atoms with van der Waals surface area (Å²) < 4.78 is 40.2. The molecule has 0 bridgehead atoms. The molecule has 1 aromatic carbocycles. The van der Waals surface area contributed by atoms with Gasteiger partial charge in [-0.2, -0.15) is 18.3 Å². The Morgan fingerprint density at radius 3 is 2.43 bits per heavy atom. The van der Waals surface area contributed by atoms with Gasteiger partial charge in [-0.1, -0.05) is 6.07 Å². The zero-order valence-electron chi connectivity index (χ0n) is 15.2. The highest BCUT2D eigenvalue weighted by molar-refractivity contribution is 5.94. The number of rotatable bonds is 2. The Labute approximate surface area is 167 Å². The largest absolute Gasteiger partial charge is 0.433 e. The molecule has 0 aliphatic carbocycles. The predicted molar refractivity (Wildman–Crippen MR) is 101 cm³/mol. The average Bonchev–Trinajstić information content (AvgIpc) is 3.27. The quantitative estimate of drug-likeness (QED) is 0.819. The van der Waals surface area contributed by atoms with Gasteiger partial charge in [0.05, 0.1) is 11.9 Å². The number of benzene rings is 1. The van der Waals surface area contributed by atoms with Crippen LogP contribution in [0.4, 0.5) is 13.2 Å². The minimum atomic E-state index is -4.51. The molecule has 2 fully saturated rings. The van der Waals surface area contributed by atoms with Gasteiger partial charge in [0.2, 0.25) is 0 Å². The van der Waals surface area contributed by atoms with E-state index in [2.05, 4.69) is 10.4 Å². The van der Waals surface area contributed by atoms with E-state index >= 15 is 0 Å². The molecule has 1 N–H and O–H groups in total. The Bertz CT molecular complexity index is 825. The highest BCUT2D eigenvalue weighted by Gasteiger charge is 2.35. The van der Waals surface area contributed by atoms with E-state index in [0.717, 1.165) is 42.9 Å². The maximum Gasteiger partial charge on any atom is 0.433 e. The van der Waals surface area contributed by atoms with Crippen LogP contribution in [0.15, 0.2) is 36.5 Å². The van der Waals surface area contributed by atoms with E-state index in [1.807, 2.05) is 4.90 Å². The SMILES string of the molecule is Cl.O=C(c1cccc(-n2nccc2C(F)(F)F)c1)N1CC[C@@H]2CNC[C@@H]2CC1. The lowest BCUT2D eigenvalue weighted by molar-refractivity contribution is -0.142. The molecule has 9 heteroatoms. The number of amides is 1. The molecule has 2 aromatic rings. The summed E-state index contributed by atoms with van der Waals surface area (Å²) in [5.74, 6) is 1.07. The van der Waals surface area contributed by atoms with Gasteiger partial charge in [0.15, 0.2) is 0 Å². The third-order valence-electron chi connectivity index (χ3n) is 5.58. The van der Waals surface area contributed by atoms with Crippen LogP contribution in [0.3, 0.4) is 0 Å². The Hall–Kier alpha value is -2.06. The summed E-state index contributed by atoms with van der Waals surface area (Å²) in [6.07, 6.45) is -1.48. The molecule has 28 heavy (non-hydrogen) atoms. The summed E-state index contributed by atoms with van der Waals surface area (Å²) in [6.45, 7) is 3.37. The first-order chi connectivity index (χ1) is 12.9. The Morgan fingerprint density at radius 2 is 1.79 bits per heavy atom. The van der Waals surface area contributed by atoms with Gasteiger partial charge in [0, 0.05) is 18.7 Å². The third kappa shape index (κ3) is 4.03. The molecule has 152 valence electrons. The van der Waals surface area contributed by atoms with Crippen molar-refractivity contribution in [2.45, 2.75) is 19.0 Å². The third-order valence-corrected chi connectivity index (χ3v) is 5.58. The Morgan fingerprint density at radius 1 is 1.11 bits per heavy atom. The molecule has 2 atom stereocenters. The van der Waals surface area contributed by atoms with Crippen molar-refractivity contribution in [2.75, 3.05) is 26.2 Å². The van der Waals surface area contributed by atoms with Crippen LogP contribution < -0.4 is 5.32 Å². The van der Waals surface area contributed by atoms with Crippen molar-refractivity contribution in [1.29, 1.82) is 0 Å². The second-order valence-electron chi connectivity index (χ2n) is 7.22. The molecule has 2 aliphatic heterocycles. The van der Waals surface area contributed by atoms with Crippen molar-refractivity contribution in [3.63, 3.8) is 0 Å². The number of halogens is 4. The van der Waals surface area contributed by atoms with Crippen LogP contribution in [0.2, 0.25) is 0 Å². The molecule has 1 amide bonds. The summed E-state index contributed by atoms with van der Waals surface area (Å²) in [5, 5.41) is 7.19. The van der Waals surface area contributed by atoms with Crippen LogP contribution in [0.1, 0.15) is 28.9 Å². The number of fused-ring (bicyclic) bond motifs is 1. The number of likely N-dealkylation sites (tertiary alicyclic amines) is 1. The van der Waals surface area contributed by atoms with E-state index in [4.69, 9.17) is 0 Å². The number of nitrogens with zero attached hydrogens (tertiary/aromatic N) is 3. The van der Waals surface area contributed by atoms with Crippen LogP contribution in [0, 0.1) is 11.8 Å². The summed E-state index contributed by atoms with van der Waals surface area (Å²) in [5.41, 5.74) is -0.238. The fourth-order valence-corrected chi connectivity index (χ4v) is 4.10. The molecule has 0 saturated carbocycles. The molecule has 5 nitrogen and oxygen atoms in total. The first-order valence-corrected chi connectivity index (χ1v) is 9.15. The van der Waals surface area contributed by atoms with Crippen molar-refractivity contribution in [1.82, 2.24) is 20.0 Å². The van der Waals surface area contributed by atoms with Gasteiger partial charge < -0.3 is 10.2 Å². The molecule has 1 aromatic heterocycles. The Kier molecular flexibility index (Phi) is 6.00. The van der Waals surface area contributed by atoms with E-state index in [1.165, 1.54) is 12.1 Å². The zero-order chi connectivity index (χ0) is 19.0. The van der Waals surface area contributed by atoms with E-state index in [1.54, 1.807) is 12.1 Å². The van der Waals surface area contributed by atoms with Crippen LogP contribution >= 0.6 is 12.4 Å². The van der Waals surface area contributed by atoms with Crippen LogP contribution in [0.25, 0.3) is 5.69 Å². The standard InChI is InChI=1S/C19H21F3N4O.ClH/c20-19(21,22)17-4-7-24-26(17)16-3-1-2-13(10-16)18(27)25-8-5-14-11-23-12-15(14)6-9-25;/h1-4,7,10,14-15,23H,5-6,8-9,11-12H2;1H/t14-,15+;. The fraction of sp³-hybridized carbons (Fsp3) is 0.474. The van der Waals surface area contributed by atoms with Crippen LogP contribution in [-0.4, -0.2) is 46.8 Å². The smallest absolute Gasteiger partial charge is 0.339 e. The van der Waals surface area contributed by atoms with Gasteiger partial charge in [-0.15, -0.1) is 12.4 Å². The van der Waals surface area contributed by atoms with Crippen molar-refractivity contribution >= 4 is 18.3 Å². The number of hydrogen-bond donors (Lipinski definition) is 1. The van der Waals surface area contributed by atoms with Gasteiger partial charge in [0.25, 0.3) is 5.91 Å². The number of carbonyl (C=O) groups is 1. The van der Waals surface area contributed by atoms with Crippen molar-refractivity contribution in [3.8, 4) is 5.69 Å². The van der Waals surface area contributed by atoms with E-state index in [9.17, 15) is 18.0 Å². The van der Waals surface area contributed by atoms with E-state index in [-0.39, 0.29) is 24.0 Å². The minimum Gasteiger partial charge on any atom is -0.339 e. The number of aromatic nitrogens is 2. The first-order valence-electron chi connectivity index (χ1n) is 9.15. The molecule has 2 aliphatic rings. The summed E-state index contributed by atoms with van der Waals surface area (Å²) in [7, 11) is 0. The van der Waals surface area contributed by atoms with Crippen LogP contribution in [0.5, 0.6) is 0 Å². The highest BCUT2D eigenvalue weighted by atomic mass is 35.5. The van der Waals surface area contributed by atoms with Gasteiger partial charge in [0.1, 0.15) is 5.69 Å². The van der Waals surface area contributed by atoms with Gasteiger partial charge in [-0.3, -0.25) is 4.79 Å². The monoisotopic (exact) mass is 414 g/mol. The maximum absolute atomic E-state index is 13.1. The average molecular weight is 415 g/mol. The molecule has 0 radical (unpaired) electrons. The lowest BCUT2D eigenvalue weighted by Crippen LogP contribution is -2.32. The number of nitrogens with one attached hydrogen (secondary N) is 1. The van der Waals surface area contributed by atoms with Gasteiger partial charge >= 0.3 is 6.18 Å². The topological polar surface area (TPSA) is 50.2 Å². The van der Waals surface area contributed by atoms with Crippen molar-refractivity contribution < 1.29 is 18.0 Å². The molecule has 2 saturated heterocycles. The van der Waals surface area contributed by atoms with Crippen molar-refractivity contribution in [2.24, 2.45) is 11.8 Å². The normalized spacial score (nSPS) is 22.3. The summed E-state index contributed by atoms with van der Waals surface area (Å²) in [6, 6.07) is 7.18. The number of alkyl halides is 3. The molecule has 4 rings (SSSR count). The minimum absolute atomic E-state index is 0. The fourth-order valence-electron chi connectivity index (χ4n) is 4.10. The van der Waals surface area contributed by atoms with Crippen LogP contribution in [-0.2, 0) is 6.18 Å². The highest BCUT2D eigenvalue weighted by Crippen LogP contribution is 2.31. The first kappa shape index (κ1) is 20.7. The number of hydrogen-bond acceptors (Lipinski definition) is 3. The second kappa shape index (κ2) is 8.13. The maximum atomic E-state index is 13.1. The molecular formula is C19H22ClF3N4O. The summed E-state index contributed by atoms with van der Waals surface area (Å²) >= 11 is 0. The number of carbonyl (C=O) groups excluding carboxylic acids is 1. The molecule has 0 unspecified atom stereocenters. The van der Waals surface area contributed by atoms with Gasteiger partial charge in [-0.25, -0.2) is 4.68 Å². The molecule has 0 spiro atoms. The van der Waals surface area contributed by atoms with E-state index in [0.29, 0.717) is 30.5 Å². The zero-order valence-corrected chi connectivity index (χ0v) is 16.0. The molecule has 3 heterocycles. The van der Waals surface area contributed by atoms with E-state index < -0.39 is 11.9 Å². The lowest BCUT2D eigenvalue weighted by Gasteiger charge is -2.21. The lowest BCUT2D eigenvalue weighted by atomic mass is 9.92. The predicted octanol–water partition coefficient (Wildman–Crippen LogP) is 3.38.